The number of rotatable bonds is 28. The number of carbonyl (C=O) groups excluding carboxylic acids is 2. The van der Waals surface area contributed by atoms with Gasteiger partial charge in [-0.05, 0) is 115 Å². The summed E-state index contributed by atoms with van der Waals surface area (Å²) in [7, 11) is -12.4. The normalized spacial score (nSPS) is 16.9. The number of terminal acetylenes is 2. The molecule has 0 spiro atoms. The van der Waals surface area contributed by atoms with Crippen LogP contribution in [-0.2, 0) is 51.0 Å². The van der Waals surface area contributed by atoms with E-state index in [4.69, 9.17) is 87.0 Å². The van der Waals surface area contributed by atoms with Crippen molar-refractivity contribution in [3.63, 3.8) is 0 Å². The first-order valence-electron chi connectivity index (χ1n) is 41.1. The molecule has 0 saturated carbocycles. The van der Waals surface area contributed by atoms with Crippen LogP contribution in [0.5, 0.6) is 0 Å². The second-order valence-electron chi connectivity index (χ2n) is 35.3. The number of benzene rings is 6. The van der Waals surface area contributed by atoms with Crippen molar-refractivity contribution in [2.45, 2.75) is 218 Å². The van der Waals surface area contributed by atoms with Crippen molar-refractivity contribution in [2.75, 3.05) is 66.1 Å². The number of phosphoric acid groups is 1. The van der Waals surface area contributed by atoms with Gasteiger partial charge in [0.25, 0.3) is 25.0 Å². The molecule has 0 radical (unpaired) electrons. The third-order valence-corrected chi connectivity index (χ3v) is 35.1. The molecule has 0 unspecified atom stereocenters. The molecular formula is C94H139N6O21PSi3. The molecule has 2 amide bonds. The number of ether oxygens (including phenoxy) is 4. The molecule has 16 N–H and O–H groups in total. The number of aliphatic hydroxyl groups is 6. The zero-order valence-electron chi connectivity index (χ0n) is 76.2. The first-order valence-corrected chi connectivity index (χ1v) is 48.4. The number of hydrogen-bond donors (Lipinski definition) is 12. The van der Waals surface area contributed by atoms with Gasteiger partial charge in [0.05, 0.1) is 102 Å². The minimum absolute atomic E-state index is 0.00738. The minimum Gasteiger partial charge on any atom is -0.444 e. The molecule has 6 aromatic carbocycles. The van der Waals surface area contributed by atoms with Gasteiger partial charge >= 0.3 is 20.0 Å². The van der Waals surface area contributed by atoms with Gasteiger partial charge < -0.3 is 93.8 Å². The van der Waals surface area contributed by atoms with E-state index < -0.39 is 123 Å². The summed E-state index contributed by atoms with van der Waals surface area (Å²) in [6, 6.07) is 59.8. The van der Waals surface area contributed by atoms with Gasteiger partial charge in [0, 0.05) is 0 Å². The van der Waals surface area contributed by atoms with Crippen LogP contribution in [0.25, 0.3) is 0 Å². The smallest absolute Gasteiger partial charge is 0.444 e. The third kappa shape index (κ3) is 34.4. The van der Waals surface area contributed by atoms with Gasteiger partial charge in [-0.2, -0.15) is 0 Å². The van der Waals surface area contributed by atoms with E-state index >= 15 is 0 Å². The van der Waals surface area contributed by atoms with Crippen molar-refractivity contribution in [1.29, 1.82) is 0 Å². The topological polar surface area (TPSA) is 416 Å². The van der Waals surface area contributed by atoms with Crippen molar-refractivity contribution < 1.29 is 101 Å². The Morgan fingerprint density at radius 3 is 1.10 bits per heavy atom. The van der Waals surface area contributed by atoms with E-state index in [1.807, 2.05) is 114 Å². The Kier molecular flexibility index (Phi) is 45.9. The molecule has 31 heteroatoms. The maximum Gasteiger partial charge on any atom is 0.469 e. The lowest BCUT2D eigenvalue weighted by Gasteiger charge is -2.42. The fourth-order valence-electron chi connectivity index (χ4n) is 14.0. The summed E-state index contributed by atoms with van der Waals surface area (Å²) < 4.78 is 57.3. The minimum atomic E-state index is -4.55. The van der Waals surface area contributed by atoms with Crippen LogP contribution < -0.4 is 54.4 Å². The fourth-order valence-corrected chi connectivity index (χ4v) is 27.7. The van der Waals surface area contributed by atoms with Crippen LogP contribution in [0, 0.1) is 36.5 Å². The predicted molar refractivity (Wildman–Crippen MR) is 500 cm³/mol. The van der Waals surface area contributed by atoms with Gasteiger partial charge in [-0.15, -0.1) is 12.8 Å². The SMILES string of the molecule is C#CCO.C#CCO[Si](c1ccccc1)(c1ccccc1)C(C)(C)C.CC(C)(C)OC(=O)N1[C@H]([C@H](O)/C=C/CO[Si](c2ccccc2)(c2ccccc2)C(C)(C)C)COC1(C)C.CC(C)(C)OC(=O)N1[C@H]([C@H](O)C#CCO[Si](c2ccccc2)(c2ccccc2)C(C)(C)C)COC1(C)C.NOC/C=C/[C@@H](O)[C@@H](N)CO.NOC/C=C/[C@@H](O)[C@@H](N)COP(=O)(O)O. The Morgan fingerprint density at radius 1 is 0.496 bits per heavy atom. The number of aliphatic hydroxyl groups excluding tert-OH is 6. The molecule has 125 heavy (non-hydrogen) atoms. The van der Waals surface area contributed by atoms with E-state index in [-0.39, 0.29) is 61.4 Å². The summed E-state index contributed by atoms with van der Waals surface area (Å²) in [5.41, 5.74) is 7.53. The summed E-state index contributed by atoms with van der Waals surface area (Å²) in [6.45, 7) is 38.8. The van der Waals surface area contributed by atoms with E-state index in [1.165, 1.54) is 54.9 Å². The second-order valence-corrected chi connectivity index (χ2v) is 49.4. The van der Waals surface area contributed by atoms with Crippen LogP contribution in [0.4, 0.5) is 9.59 Å². The van der Waals surface area contributed by atoms with Gasteiger partial charge in [-0.1, -0.05) is 304 Å². The summed E-state index contributed by atoms with van der Waals surface area (Å²) in [4.78, 5) is 53.9. The summed E-state index contributed by atoms with van der Waals surface area (Å²) in [5, 5.41) is 63.5. The van der Waals surface area contributed by atoms with Crippen molar-refractivity contribution in [2.24, 2.45) is 23.3 Å². The molecule has 27 nitrogen and oxygen atoms in total. The first-order chi connectivity index (χ1) is 58.4. The van der Waals surface area contributed by atoms with E-state index in [1.54, 1.807) is 33.8 Å². The highest BCUT2D eigenvalue weighted by Gasteiger charge is 2.54. The number of carbonyl (C=O) groups is 2. The van der Waals surface area contributed by atoms with Crippen molar-refractivity contribution in [1.82, 2.24) is 9.80 Å². The zero-order valence-corrected chi connectivity index (χ0v) is 80.1. The molecular weight excluding hydrogens is 1660 g/mol. The average molecular weight is 1800 g/mol. The Hall–Kier alpha value is -8.16. The molecule has 8 atom stereocenters. The van der Waals surface area contributed by atoms with Gasteiger partial charge in [-0.25, -0.2) is 25.9 Å². The highest BCUT2D eigenvalue weighted by Crippen LogP contribution is 2.41. The van der Waals surface area contributed by atoms with Crippen LogP contribution in [0.15, 0.2) is 218 Å². The predicted octanol–water partition coefficient (Wildman–Crippen LogP) is 8.30. The molecule has 2 aliphatic heterocycles. The zero-order chi connectivity index (χ0) is 94.3. The quantitative estimate of drug-likeness (QED) is 0.00722. The number of amides is 2. The van der Waals surface area contributed by atoms with Crippen LogP contribution in [-0.4, -0.2) is 225 Å². The van der Waals surface area contributed by atoms with Gasteiger partial charge in [-0.3, -0.25) is 14.3 Å². The van der Waals surface area contributed by atoms with Crippen molar-refractivity contribution >= 4 is 76.1 Å². The number of nitrogens with two attached hydrogens (primary N) is 4. The van der Waals surface area contributed by atoms with Gasteiger partial charge in [0.15, 0.2) is 0 Å². The lowest BCUT2D eigenvalue weighted by atomic mass is 10.1. The summed E-state index contributed by atoms with van der Waals surface area (Å²) in [5.74, 6) is 20.0. The second kappa shape index (κ2) is 51.7. The molecule has 0 aliphatic carbocycles. The number of hydrogen-bond acceptors (Lipinski definition) is 23. The third-order valence-electron chi connectivity index (χ3n) is 19.6. The Morgan fingerprint density at radius 2 is 0.800 bits per heavy atom. The largest absolute Gasteiger partial charge is 0.469 e. The number of phosphoric ester groups is 1. The fraction of sp³-hybridized carbons (Fsp3) is 0.468. The molecule has 2 aliphatic rings. The maximum atomic E-state index is 12.9. The molecule has 2 fully saturated rings. The first kappa shape index (κ1) is 111. The molecule has 688 valence electrons. The van der Waals surface area contributed by atoms with Crippen molar-refractivity contribution in [3.05, 3.63) is 218 Å². The molecule has 2 saturated heterocycles. The Bertz CT molecular complexity index is 4290. The average Bonchev–Trinajstić information content (AvgIpc) is 1.52. The molecule has 8 rings (SSSR count). The summed E-state index contributed by atoms with van der Waals surface area (Å²) in [6.07, 6.45) is 14.2. The van der Waals surface area contributed by atoms with Crippen molar-refractivity contribution in [3.8, 4) is 36.5 Å². The lowest BCUT2D eigenvalue weighted by Crippen LogP contribution is -2.66. The van der Waals surface area contributed by atoms with E-state index in [0.717, 1.165) is 10.4 Å². The van der Waals surface area contributed by atoms with E-state index in [9.17, 15) is 29.5 Å². The van der Waals surface area contributed by atoms with Gasteiger partial charge in [0.1, 0.15) is 35.4 Å². The van der Waals surface area contributed by atoms with Crippen LogP contribution in [0.2, 0.25) is 15.1 Å². The lowest BCUT2D eigenvalue weighted by molar-refractivity contribution is -0.0669. The summed E-state index contributed by atoms with van der Waals surface area (Å²) >= 11 is 0. The molecule has 2 heterocycles. The monoisotopic (exact) mass is 1800 g/mol. The number of nitrogens with zero attached hydrogens (tertiary/aromatic N) is 2. The Labute approximate surface area is 744 Å². The molecule has 6 aromatic rings. The standard InChI is InChI=1S/C30H43NO5Si.C30H41NO5Si.C19H22OSi.C6H15N2O6P.C6H14N2O3.C3H4O/c2*1-28(2,3)36-27(33)31-25(22-34-30(31,7)8)26(32)20-15-21-35-37(29(4,5)6,23-16-11-9-12-17-23)24-18-13-10-14-19-24;1-5-16-20-21(19(2,3)4,17-12-8-6-9-13-17)18-14-10-7-11-15-18;7-5(4-14-15(10,11)12)6(9)2-1-3-13-8;7-5(4-9)6(10)2-1-3-11-8;1-2-3-4/h9-20,25-26,32H,21-22H2,1-8H3;9-14,16-19,25-26,32H,21-22H2,1-8H3;1,6-15H,16H2,2-4H3;1-2,5-6,9H,3-4,7-8H2,(H2,10,11,12);1-2,5-6,9-10H,3-4,7-8H2;1,4H,3H2/b20-15+;;;2*2-1+;/t2*25-,26+;;2*5-,6+;/m00.00./s1. The van der Waals surface area contributed by atoms with Crippen LogP contribution >= 0.6 is 7.82 Å². The maximum absolute atomic E-state index is 12.9. The molecule has 0 bridgehead atoms. The molecule has 0 aromatic heterocycles. The highest BCUT2D eigenvalue weighted by molar-refractivity contribution is 7.46. The highest BCUT2D eigenvalue weighted by atomic mass is 31.2. The van der Waals surface area contributed by atoms with Crippen LogP contribution in [0.1, 0.15) is 132 Å². The Balaban J connectivity index is 0.000000425. The van der Waals surface area contributed by atoms with Crippen LogP contribution in [0.3, 0.4) is 0 Å². The van der Waals surface area contributed by atoms with E-state index in [0.29, 0.717) is 13.2 Å². The van der Waals surface area contributed by atoms with Gasteiger partial charge in [0.2, 0.25) is 0 Å². The van der Waals surface area contributed by atoms with E-state index in [2.05, 4.69) is 222 Å².